The van der Waals surface area contributed by atoms with Crippen LogP contribution in [0.4, 0.5) is 0 Å². The van der Waals surface area contributed by atoms with E-state index in [4.69, 9.17) is 9.47 Å². The average molecular weight is 509 g/mol. The minimum atomic E-state index is 0.00127. The Balaban J connectivity index is 3.50. The van der Waals surface area contributed by atoms with Gasteiger partial charge in [0.1, 0.15) is 0 Å². The summed E-state index contributed by atoms with van der Waals surface area (Å²) < 4.78 is 12.2. The van der Waals surface area contributed by atoms with Gasteiger partial charge in [-0.1, -0.05) is 150 Å². The second-order valence-corrected chi connectivity index (χ2v) is 11.6. The summed E-state index contributed by atoms with van der Waals surface area (Å²) in [6.07, 6.45) is 34.6. The quantitative estimate of drug-likeness (QED) is 0.0568. The highest BCUT2D eigenvalue weighted by Gasteiger charge is 2.12. The number of hydrogen-bond donors (Lipinski definition) is 0. The van der Waals surface area contributed by atoms with E-state index < -0.39 is 0 Å². The van der Waals surface area contributed by atoms with E-state index in [0.29, 0.717) is 11.8 Å². The zero-order valence-electron chi connectivity index (χ0n) is 25.7. The normalized spacial score (nSPS) is 14.5. The van der Waals surface area contributed by atoms with E-state index in [0.717, 1.165) is 19.6 Å². The van der Waals surface area contributed by atoms with Crippen molar-refractivity contribution in [2.24, 2.45) is 11.8 Å². The van der Waals surface area contributed by atoms with Gasteiger partial charge in [-0.3, -0.25) is 0 Å². The third-order valence-electron chi connectivity index (χ3n) is 7.73. The van der Waals surface area contributed by atoms with Gasteiger partial charge in [-0.2, -0.15) is 0 Å². The minimum absolute atomic E-state index is 0.00127. The molecule has 216 valence electrons. The molecule has 0 aromatic heterocycles. The first-order valence-corrected chi connectivity index (χ1v) is 16.5. The first kappa shape index (κ1) is 35.7. The molecule has 0 fully saturated rings. The fraction of sp³-hybridized carbons (Fsp3) is 0.941. The molecule has 0 aliphatic rings. The van der Waals surface area contributed by atoms with E-state index in [1.54, 1.807) is 0 Å². The lowest BCUT2D eigenvalue weighted by Gasteiger charge is -2.22. The van der Waals surface area contributed by atoms with Crippen molar-refractivity contribution in [1.82, 2.24) is 0 Å². The van der Waals surface area contributed by atoms with Gasteiger partial charge >= 0.3 is 0 Å². The van der Waals surface area contributed by atoms with Crippen LogP contribution in [0.3, 0.4) is 0 Å². The van der Waals surface area contributed by atoms with Crippen molar-refractivity contribution in [3.8, 4) is 0 Å². The standard InChI is InChI=1S/C34H68O2/c1-6-9-10-11-12-13-14-15-16-17-18-19-20-21-22-23-24-25-26-27-28-29-34(35-30-32(4)7-2)36-31-33(5)8-3/h18-19,32-34H,6-17,20-31H2,1-5H3/b19-18+. The van der Waals surface area contributed by atoms with Crippen LogP contribution in [0.25, 0.3) is 0 Å². The number of unbranched alkanes of at least 4 members (excludes halogenated alkanes) is 17. The first-order chi connectivity index (χ1) is 17.6. The zero-order chi connectivity index (χ0) is 26.5. The molecule has 2 unspecified atom stereocenters. The fourth-order valence-corrected chi connectivity index (χ4v) is 4.44. The van der Waals surface area contributed by atoms with E-state index in [9.17, 15) is 0 Å². The third-order valence-corrected chi connectivity index (χ3v) is 7.73. The molecule has 0 spiro atoms. The van der Waals surface area contributed by atoms with E-state index >= 15 is 0 Å². The molecule has 0 saturated heterocycles. The van der Waals surface area contributed by atoms with Crippen molar-refractivity contribution in [1.29, 1.82) is 0 Å². The van der Waals surface area contributed by atoms with E-state index in [1.807, 2.05) is 0 Å². The van der Waals surface area contributed by atoms with Gasteiger partial charge in [0.05, 0.1) is 13.2 Å². The maximum Gasteiger partial charge on any atom is 0.157 e. The molecule has 0 aromatic rings. The first-order valence-electron chi connectivity index (χ1n) is 16.5. The largest absolute Gasteiger partial charge is 0.352 e. The number of allylic oxidation sites excluding steroid dienone is 2. The summed E-state index contributed by atoms with van der Waals surface area (Å²) in [5.74, 6) is 1.24. The predicted molar refractivity (Wildman–Crippen MR) is 162 cm³/mol. The molecule has 0 N–H and O–H groups in total. The Morgan fingerprint density at radius 1 is 0.472 bits per heavy atom. The molecular formula is C34H68O2. The number of hydrogen-bond acceptors (Lipinski definition) is 2. The Labute approximate surface area is 228 Å². The second-order valence-electron chi connectivity index (χ2n) is 11.6. The van der Waals surface area contributed by atoms with E-state index in [2.05, 4.69) is 46.8 Å². The molecule has 2 atom stereocenters. The van der Waals surface area contributed by atoms with Crippen LogP contribution in [0.5, 0.6) is 0 Å². The van der Waals surface area contributed by atoms with Gasteiger partial charge in [0.2, 0.25) is 0 Å². The molecule has 0 rings (SSSR count). The summed E-state index contributed by atoms with van der Waals surface area (Å²) >= 11 is 0. The van der Waals surface area contributed by atoms with Crippen LogP contribution in [0, 0.1) is 11.8 Å². The average Bonchev–Trinajstić information content (AvgIpc) is 2.90. The summed E-state index contributed by atoms with van der Waals surface area (Å²) in [7, 11) is 0. The molecule has 0 bridgehead atoms. The van der Waals surface area contributed by atoms with Crippen molar-refractivity contribution in [2.45, 2.75) is 182 Å². The van der Waals surface area contributed by atoms with Gasteiger partial charge < -0.3 is 9.47 Å². The topological polar surface area (TPSA) is 18.5 Å². The predicted octanol–water partition coefficient (Wildman–Crippen LogP) is 11.8. The van der Waals surface area contributed by atoms with Crippen LogP contribution >= 0.6 is 0 Å². The fourth-order valence-electron chi connectivity index (χ4n) is 4.44. The van der Waals surface area contributed by atoms with E-state index in [-0.39, 0.29) is 6.29 Å². The van der Waals surface area contributed by atoms with Crippen molar-refractivity contribution >= 4 is 0 Å². The Kier molecular flexibility index (Phi) is 28.9. The highest BCUT2D eigenvalue weighted by molar-refractivity contribution is 4.81. The zero-order valence-corrected chi connectivity index (χ0v) is 25.7. The highest BCUT2D eigenvalue weighted by atomic mass is 16.7. The Morgan fingerprint density at radius 3 is 1.22 bits per heavy atom. The van der Waals surface area contributed by atoms with Crippen molar-refractivity contribution in [3.63, 3.8) is 0 Å². The Morgan fingerprint density at radius 2 is 0.833 bits per heavy atom. The molecule has 0 aliphatic carbocycles. The summed E-state index contributed by atoms with van der Waals surface area (Å²) in [6, 6.07) is 0. The van der Waals surface area contributed by atoms with Crippen molar-refractivity contribution < 1.29 is 9.47 Å². The molecule has 0 aromatic carbocycles. The molecular weight excluding hydrogens is 440 g/mol. The van der Waals surface area contributed by atoms with Crippen LogP contribution in [0.1, 0.15) is 176 Å². The minimum Gasteiger partial charge on any atom is -0.352 e. The smallest absolute Gasteiger partial charge is 0.157 e. The summed E-state index contributed by atoms with van der Waals surface area (Å²) in [5.41, 5.74) is 0. The van der Waals surface area contributed by atoms with E-state index in [1.165, 1.54) is 135 Å². The summed E-state index contributed by atoms with van der Waals surface area (Å²) in [4.78, 5) is 0. The van der Waals surface area contributed by atoms with Crippen molar-refractivity contribution in [2.75, 3.05) is 13.2 Å². The van der Waals surface area contributed by atoms with Gasteiger partial charge in [-0.15, -0.1) is 0 Å². The third kappa shape index (κ3) is 26.7. The molecule has 0 heterocycles. The van der Waals surface area contributed by atoms with Crippen LogP contribution < -0.4 is 0 Å². The van der Waals surface area contributed by atoms with Gasteiger partial charge in [-0.05, 0) is 50.4 Å². The SMILES string of the molecule is CCCCCCCCCCC/C=C/CCCCCCCCCCC(OCC(C)CC)OCC(C)CC. The Hall–Kier alpha value is -0.340. The van der Waals surface area contributed by atoms with Gasteiger partial charge in [0.15, 0.2) is 6.29 Å². The molecule has 2 heteroatoms. The summed E-state index contributed by atoms with van der Waals surface area (Å²) in [6.45, 7) is 13.0. The molecule has 36 heavy (non-hydrogen) atoms. The van der Waals surface area contributed by atoms with Crippen LogP contribution in [-0.2, 0) is 9.47 Å². The van der Waals surface area contributed by atoms with Crippen molar-refractivity contribution in [3.05, 3.63) is 12.2 Å². The lowest BCUT2D eigenvalue weighted by Crippen LogP contribution is -2.23. The molecule has 0 saturated carbocycles. The van der Waals surface area contributed by atoms with Crippen LogP contribution in [-0.4, -0.2) is 19.5 Å². The van der Waals surface area contributed by atoms with Gasteiger partial charge in [0, 0.05) is 0 Å². The Bertz CT molecular complexity index is 419. The molecule has 0 radical (unpaired) electrons. The monoisotopic (exact) mass is 509 g/mol. The van der Waals surface area contributed by atoms with Crippen LogP contribution in [0.15, 0.2) is 12.2 Å². The van der Waals surface area contributed by atoms with Crippen LogP contribution in [0.2, 0.25) is 0 Å². The lowest BCUT2D eigenvalue weighted by atomic mass is 10.1. The molecule has 2 nitrogen and oxygen atoms in total. The lowest BCUT2D eigenvalue weighted by molar-refractivity contribution is -0.159. The van der Waals surface area contributed by atoms with Gasteiger partial charge in [-0.25, -0.2) is 0 Å². The number of ether oxygens (including phenoxy) is 2. The maximum atomic E-state index is 6.11. The maximum absolute atomic E-state index is 6.11. The highest BCUT2D eigenvalue weighted by Crippen LogP contribution is 2.16. The molecule has 0 aliphatic heterocycles. The number of rotatable bonds is 29. The second kappa shape index (κ2) is 29.2. The summed E-state index contributed by atoms with van der Waals surface area (Å²) in [5, 5.41) is 0. The molecule has 0 amide bonds. The van der Waals surface area contributed by atoms with Gasteiger partial charge in [0.25, 0.3) is 0 Å².